The summed E-state index contributed by atoms with van der Waals surface area (Å²) in [6.45, 7) is 9.83. The van der Waals surface area contributed by atoms with E-state index >= 15 is 0 Å². The molecule has 15 heavy (non-hydrogen) atoms. The van der Waals surface area contributed by atoms with E-state index < -0.39 is 5.60 Å². The van der Waals surface area contributed by atoms with Crippen molar-refractivity contribution in [2.24, 2.45) is 5.41 Å². The number of hydrogen-bond acceptors (Lipinski definition) is 1. The topological polar surface area (TPSA) is 20.2 Å². The molecule has 0 radical (unpaired) electrons. The lowest BCUT2D eigenvalue weighted by Crippen LogP contribution is -2.36. The fourth-order valence-electron chi connectivity index (χ4n) is 1.33. The van der Waals surface area contributed by atoms with Crippen molar-refractivity contribution in [2.75, 3.05) is 0 Å². The molecule has 1 rings (SSSR count). The van der Waals surface area contributed by atoms with Gasteiger partial charge in [0.2, 0.25) is 0 Å². The lowest BCUT2D eigenvalue weighted by atomic mass is 9.73. The summed E-state index contributed by atoms with van der Waals surface area (Å²) in [4.78, 5) is 0. The number of aryl methyl sites for hydroxylation is 1. The maximum absolute atomic E-state index is 10.5. The first-order chi connectivity index (χ1) is 6.66. The van der Waals surface area contributed by atoms with Crippen molar-refractivity contribution in [1.82, 2.24) is 0 Å². The molecule has 0 heterocycles. The first-order valence-electron chi connectivity index (χ1n) is 5.15. The quantitative estimate of drug-likeness (QED) is 0.770. The Morgan fingerprint density at radius 2 is 1.67 bits per heavy atom. The molecule has 1 unspecified atom stereocenters. The zero-order valence-corrected chi connectivity index (χ0v) is 10.8. The summed E-state index contributed by atoms with van der Waals surface area (Å²) in [7, 11) is 0. The van der Waals surface area contributed by atoms with E-state index in [1.165, 1.54) is 0 Å². The van der Waals surface area contributed by atoms with E-state index in [0.717, 1.165) is 11.1 Å². The van der Waals surface area contributed by atoms with Crippen LogP contribution in [0.4, 0.5) is 0 Å². The van der Waals surface area contributed by atoms with Crippen molar-refractivity contribution in [2.45, 2.75) is 40.2 Å². The summed E-state index contributed by atoms with van der Waals surface area (Å²) >= 11 is 6.06. The number of rotatable bonds is 1. The van der Waals surface area contributed by atoms with Crippen molar-refractivity contribution in [1.29, 1.82) is 0 Å². The van der Waals surface area contributed by atoms with Gasteiger partial charge < -0.3 is 5.11 Å². The number of halogens is 1. The summed E-state index contributed by atoms with van der Waals surface area (Å²) in [5, 5.41) is 11.2. The smallest absolute Gasteiger partial charge is 0.0917 e. The van der Waals surface area contributed by atoms with E-state index in [2.05, 4.69) is 0 Å². The summed E-state index contributed by atoms with van der Waals surface area (Å²) in [6, 6.07) is 5.73. The van der Waals surface area contributed by atoms with Gasteiger partial charge in [-0.1, -0.05) is 44.5 Å². The Bertz CT molecular complexity index is 361. The zero-order chi connectivity index (χ0) is 11.9. The lowest BCUT2D eigenvalue weighted by Gasteiger charge is -2.37. The van der Waals surface area contributed by atoms with Gasteiger partial charge in [-0.05, 0) is 36.5 Å². The lowest BCUT2D eigenvalue weighted by molar-refractivity contribution is -0.0470. The minimum absolute atomic E-state index is 0.217. The van der Waals surface area contributed by atoms with Crippen LogP contribution in [-0.2, 0) is 5.60 Å². The average Bonchev–Trinajstić information content (AvgIpc) is 2.07. The summed E-state index contributed by atoms with van der Waals surface area (Å²) < 4.78 is 0. The summed E-state index contributed by atoms with van der Waals surface area (Å²) in [5.41, 5.74) is 0.811. The van der Waals surface area contributed by atoms with Crippen molar-refractivity contribution in [3.05, 3.63) is 34.3 Å². The van der Waals surface area contributed by atoms with Crippen LogP contribution in [0.2, 0.25) is 5.02 Å². The van der Waals surface area contributed by atoms with Crippen LogP contribution in [0.1, 0.15) is 38.8 Å². The van der Waals surface area contributed by atoms with Gasteiger partial charge in [0.15, 0.2) is 0 Å². The van der Waals surface area contributed by atoms with Crippen LogP contribution in [0.3, 0.4) is 0 Å². The predicted octanol–water partition coefficient (Wildman–Crippen LogP) is 3.90. The van der Waals surface area contributed by atoms with Gasteiger partial charge in [-0.25, -0.2) is 0 Å². The van der Waals surface area contributed by atoms with Crippen molar-refractivity contribution < 1.29 is 5.11 Å². The van der Waals surface area contributed by atoms with Crippen LogP contribution < -0.4 is 0 Å². The Labute approximate surface area is 97.1 Å². The third-order valence-electron chi connectivity index (χ3n) is 3.19. The number of hydrogen-bond donors (Lipinski definition) is 1. The maximum Gasteiger partial charge on any atom is 0.0917 e. The van der Waals surface area contributed by atoms with Crippen LogP contribution in [0.15, 0.2) is 18.2 Å². The number of aliphatic hydroxyl groups is 1. The standard InChI is InChI=1S/C13H19ClO/c1-9-6-7-10(8-11(9)14)13(5,15)12(2,3)4/h6-8,15H,1-5H3. The van der Waals surface area contributed by atoms with Crippen LogP contribution in [0, 0.1) is 12.3 Å². The second-order valence-electron chi connectivity index (χ2n) is 5.29. The van der Waals surface area contributed by atoms with E-state index in [0.29, 0.717) is 5.02 Å². The molecule has 0 aliphatic rings. The first kappa shape index (κ1) is 12.5. The van der Waals surface area contributed by atoms with Gasteiger partial charge in [0.05, 0.1) is 5.60 Å². The Morgan fingerprint density at radius 1 is 1.13 bits per heavy atom. The fraction of sp³-hybridized carbons (Fsp3) is 0.538. The molecule has 1 aromatic rings. The molecule has 1 atom stereocenters. The van der Waals surface area contributed by atoms with E-state index in [1.807, 2.05) is 52.8 Å². The Balaban J connectivity index is 3.22. The SMILES string of the molecule is Cc1ccc(C(C)(O)C(C)(C)C)cc1Cl. The van der Waals surface area contributed by atoms with Gasteiger partial charge in [-0.3, -0.25) is 0 Å². The van der Waals surface area contributed by atoms with Gasteiger partial charge in [0.1, 0.15) is 0 Å². The fourth-order valence-corrected chi connectivity index (χ4v) is 1.51. The van der Waals surface area contributed by atoms with Crippen LogP contribution >= 0.6 is 11.6 Å². The third kappa shape index (κ3) is 2.35. The minimum Gasteiger partial charge on any atom is -0.385 e. The molecule has 84 valence electrons. The van der Waals surface area contributed by atoms with Crippen molar-refractivity contribution in [3.63, 3.8) is 0 Å². The Hall–Kier alpha value is -0.530. The Kier molecular flexibility index (Phi) is 3.18. The van der Waals surface area contributed by atoms with E-state index in [4.69, 9.17) is 11.6 Å². The van der Waals surface area contributed by atoms with Gasteiger partial charge in [-0.15, -0.1) is 0 Å². The van der Waals surface area contributed by atoms with Gasteiger partial charge in [0.25, 0.3) is 0 Å². The van der Waals surface area contributed by atoms with Crippen molar-refractivity contribution in [3.8, 4) is 0 Å². The van der Waals surface area contributed by atoms with Crippen LogP contribution in [-0.4, -0.2) is 5.11 Å². The molecule has 0 aromatic heterocycles. The highest BCUT2D eigenvalue weighted by atomic mass is 35.5. The molecule has 0 spiro atoms. The second kappa shape index (κ2) is 3.80. The molecule has 1 N–H and O–H groups in total. The Morgan fingerprint density at radius 3 is 2.07 bits per heavy atom. The molecule has 2 heteroatoms. The van der Waals surface area contributed by atoms with E-state index in [9.17, 15) is 5.11 Å². The molecule has 0 bridgehead atoms. The molecular formula is C13H19ClO. The van der Waals surface area contributed by atoms with Gasteiger partial charge in [-0.2, -0.15) is 0 Å². The normalized spacial score (nSPS) is 16.2. The highest BCUT2D eigenvalue weighted by molar-refractivity contribution is 6.31. The number of benzene rings is 1. The summed E-state index contributed by atoms with van der Waals surface area (Å²) in [6.07, 6.45) is 0. The highest BCUT2D eigenvalue weighted by Crippen LogP contribution is 2.39. The zero-order valence-electron chi connectivity index (χ0n) is 10.1. The van der Waals surface area contributed by atoms with Crippen molar-refractivity contribution >= 4 is 11.6 Å². The molecular weight excluding hydrogens is 208 g/mol. The molecule has 0 saturated carbocycles. The minimum atomic E-state index is -0.871. The van der Waals surface area contributed by atoms with Gasteiger partial charge >= 0.3 is 0 Å². The van der Waals surface area contributed by atoms with E-state index in [1.54, 1.807) is 0 Å². The second-order valence-corrected chi connectivity index (χ2v) is 5.69. The largest absolute Gasteiger partial charge is 0.385 e. The summed E-state index contributed by atoms with van der Waals surface area (Å²) in [5.74, 6) is 0. The van der Waals surface area contributed by atoms with Gasteiger partial charge in [0, 0.05) is 5.02 Å². The van der Waals surface area contributed by atoms with Crippen LogP contribution in [0.5, 0.6) is 0 Å². The molecule has 1 aromatic carbocycles. The third-order valence-corrected chi connectivity index (χ3v) is 3.60. The molecule has 0 saturated heterocycles. The van der Waals surface area contributed by atoms with E-state index in [-0.39, 0.29) is 5.41 Å². The van der Waals surface area contributed by atoms with Crippen LogP contribution in [0.25, 0.3) is 0 Å². The molecule has 0 fully saturated rings. The monoisotopic (exact) mass is 226 g/mol. The highest BCUT2D eigenvalue weighted by Gasteiger charge is 2.36. The maximum atomic E-state index is 10.5. The molecule has 0 aliphatic carbocycles. The predicted molar refractivity (Wildman–Crippen MR) is 65.2 cm³/mol. The molecule has 1 nitrogen and oxygen atoms in total. The average molecular weight is 227 g/mol. The molecule has 0 aliphatic heterocycles. The molecule has 0 amide bonds. The first-order valence-corrected chi connectivity index (χ1v) is 5.53.